The number of rotatable bonds is 4. The van der Waals surface area contributed by atoms with Crippen LogP contribution in [0.2, 0.25) is 0 Å². The first-order valence-electron chi connectivity index (χ1n) is 4.56. The lowest BCUT2D eigenvalue weighted by molar-refractivity contribution is 0.00470. The van der Waals surface area contributed by atoms with Gasteiger partial charge in [0.05, 0.1) is 19.3 Å². The minimum Gasteiger partial charge on any atom is -0.377 e. The number of ether oxygens (including phenoxy) is 2. The van der Waals surface area contributed by atoms with Crippen molar-refractivity contribution < 1.29 is 9.47 Å². The largest absolute Gasteiger partial charge is 0.377 e. The molecule has 12 heavy (non-hydrogen) atoms. The Labute approximate surface area is 74.2 Å². The molecule has 0 bridgehead atoms. The van der Waals surface area contributed by atoms with Gasteiger partial charge in [-0.15, -0.1) is 0 Å². The molecule has 1 saturated heterocycles. The molecule has 0 radical (unpaired) electrons. The molecular weight excluding hydrogens is 154 g/mol. The lowest BCUT2D eigenvalue weighted by atomic mass is 10.1. The molecule has 0 aliphatic carbocycles. The molecule has 72 valence electrons. The normalized spacial score (nSPS) is 24.8. The second-order valence-electron chi connectivity index (χ2n) is 4.14. The highest BCUT2D eigenvalue weighted by Gasteiger charge is 2.17. The first-order chi connectivity index (χ1) is 5.58. The Kier molecular flexibility index (Phi) is 3.50. The van der Waals surface area contributed by atoms with Gasteiger partial charge in [-0.2, -0.15) is 0 Å². The lowest BCUT2D eigenvalue weighted by Gasteiger charge is -2.19. The fourth-order valence-corrected chi connectivity index (χ4v) is 1.23. The Hall–Kier alpha value is -0.120. The molecule has 0 saturated carbocycles. The highest BCUT2D eigenvalue weighted by atomic mass is 16.5. The van der Waals surface area contributed by atoms with Crippen LogP contribution in [0.4, 0.5) is 0 Å². The summed E-state index contributed by atoms with van der Waals surface area (Å²) in [5.74, 6) is 0. The quantitative estimate of drug-likeness (QED) is 0.687. The zero-order valence-electron chi connectivity index (χ0n) is 8.01. The van der Waals surface area contributed by atoms with Crippen LogP contribution in [-0.4, -0.2) is 31.5 Å². The van der Waals surface area contributed by atoms with Crippen LogP contribution >= 0.6 is 0 Å². The van der Waals surface area contributed by atoms with Gasteiger partial charge in [-0.25, -0.2) is 0 Å². The predicted molar refractivity (Wildman–Crippen MR) is 48.1 cm³/mol. The minimum absolute atomic E-state index is 0.224. The third kappa shape index (κ3) is 4.04. The molecule has 2 N–H and O–H groups in total. The third-order valence-corrected chi connectivity index (χ3v) is 1.80. The summed E-state index contributed by atoms with van der Waals surface area (Å²) in [6.07, 6.45) is 2.61. The molecule has 0 aromatic heterocycles. The zero-order chi connectivity index (χ0) is 9.03. The number of hydrogen-bond donors (Lipinski definition) is 1. The Morgan fingerprint density at radius 1 is 1.58 bits per heavy atom. The van der Waals surface area contributed by atoms with Crippen LogP contribution in [0.25, 0.3) is 0 Å². The molecule has 0 aromatic carbocycles. The molecule has 1 aliphatic rings. The molecule has 0 aromatic rings. The summed E-state index contributed by atoms with van der Waals surface area (Å²) in [5.41, 5.74) is 5.53. The first-order valence-corrected chi connectivity index (χ1v) is 4.56. The fraction of sp³-hybridized carbons (Fsp3) is 1.00. The number of hydrogen-bond acceptors (Lipinski definition) is 3. The maximum absolute atomic E-state index is 5.75. The SMILES string of the molecule is CC(C)(N)COCC1CCCO1. The number of nitrogens with two attached hydrogens (primary N) is 1. The van der Waals surface area contributed by atoms with Crippen molar-refractivity contribution in [3.8, 4) is 0 Å². The van der Waals surface area contributed by atoms with Crippen molar-refractivity contribution in [2.24, 2.45) is 5.73 Å². The van der Waals surface area contributed by atoms with Crippen LogP contribution in [0, 0.1) is 0 Å². The van der Waals surface area contributed by atoms with Crippen molar-refractivity contribution in [1.82, 2.24) is 0 Å². The molecule has 1 rings (SSSR count). The molecule has 0 amide bonds. The van der Waals surface area contributed by atoms with E-state index in [9.17, 15) is 0 Å². The summed E-state index contributed by atoms with van der Waals surface area (Å²) in [6.45, 7) is 6.11. The third-order valence-electron chi connectivity index (χ3n) is 1.80. The van der Waals surface area contributed by atoms with E-state index in [1.165, 1.54) is 6.42 Å². The van der Waals surface area contributed by atoms with Crippen molar-refractivity contribution in [1.29, 1.82) is 0 Å². The summed E-state index contributed by atoms with van der Waals surface area (Å²) in [7, 11) is 0. The summed E-state index contributed by atoms with van der Waals surface area (Å²) >= 11 is 0. The van der Waals surface area contributed by atoms with Crippen LogP contribution in [0.15, 0.2) is 0 Å². The van der Waals surface area contributed by atoms with Gasteiger partial charge in [-0.3, -0.25) is 0 Å². The molecule has 3 nitrogen and oxygen atoms in total. The van der Waals surface area contributed by atoms with Crippen molar-refractivity contribution >= 4 is 0 Å². The summed E-state index contributed by atoms with van der Waals surface area (Å²) < 4.78 is 10.8. The maximum Gasteiger partial charge on any atom is 0.0809 e. The summed E-state index contributed by atoms with van der Waals surface area (Å²) in [5, 5.41) is 0. The average molecular weight is 173 g/mol. The molecule has 0 spiro atoms. The fourth-order valence-electron chi connectivity index (χ4n) is 1.23. The second kappa shape index (κ2) is 4.21. The highest BCUT2D eigenvalue weighted by molar-refractivity contribution is 4.71. The molecule has 1 atom stereocenters. The topological polar surface area (TPSA) is 44.5 Å². The predicted octanol–water partition coefficient (Wildman–Crippen LogP) is 0.919. The van der Waals surface area contributed by atoms with E-state index in [2.05, 4.69) is 0 Å². The van der Waals surface area contributed by atoms with Gasteiger partial charge < -0.3 is 15.2 Å². The monoisotopic (exact) mass is 173 g/mol. The van der Waals surface area contributed by atoms with E-state index < -0.39 is 0 Å². The van der Waals surface area contributed by atoms with Gasteiger partial charge in [-0.05, 0) is 26.7 Å². The smallest absolute Gasteiger partial charge is 0.0809 e. The van der Waals surface area contributed by atoms with E-state index in [0.29, 0.717) is 19.3 Å². The second-order valence-corrected chi connectivity index (χ2v) is 4.14. The van der Waals surface area contributed by atoms with E-state index in [1.54, 1.807) is 0 Å². The van der Waals surface area contributed by atoms with Crippen LogP contribution in [0.3, 0.4) is 0 Å². The Morgan fingerprint density at radius 2 is 2.33 bits per heavy atom. The van der Waals surface area contributed by atoms with E-state index in [-0.39, 0.29) is 5.54 Å². The van der Waals surface area contributed by atoms with Crippen molar-refractivity contribution in [2.45, 2.75) is 38.3 Å². The Morgan fingerprint density at radius 3 is 2.83 bits per heavy atom. The highest BCUT2D eigenvalue weighted by Crippen LogP contribution is 2.12. The van der Waals surface area contributed by atoms with E-state index in [1.807, 2.05) is 13.8 Å². The van der Waals surface area contributed by atoms with Crippen molar-refractivity contribution in [3.63, 3.8) is 0 Å². The van der Waals surface area contributed by atoms with E-state index in [0.717, 1.165) is 13.0 Å². The van der Waals surface area contributed by atoms with E-state index in [4.69, 9.17) is 15.2 Å². The summed E-state index contributed by atoms with van der Waals surface area (Å²) in [4.78, 5) is 0. The molecule has 1 aliphatic heterocycles. The van der Waals surface area contributed by atoms with Crippen LogP contribution in [0.5, 0.6) is 0 Å². The van der Waals surface area contributed by atoms with Crippen molar-refractivity contribution in [3.05, 3.63) is 0 Å². The van der Waals surface area contributed by atoms with Gasteiger partial charge in [0.25, 0.3) is 0 Å². The molecule has 1 fully saturated rings. The van der Waals surface area contributed by atoms with Gasteiger partial charge in [0.2, 0.25) is 0 Å². The molecular formula is C9H19NO2. The summed E-state index contributed by atoms with van der Waals surface area (Å²) in [6, 6.07) is 0. The Bertz CT molecular complexity index is 125. The molecule has 3 heteroatoms. The molecule has 1 heterocycles. The minimum atomic E-state index is -0.224. The average Bonchev–Trinajstić information content (AvgIpc) is 2.36. The lowest BCUT2D eigenvalue weighted by Crippen LogP contribution is -2.38. The van der Waals surface area contributed by atoms with Crippen molar-refractivity contribution in [2.75, 3.05) is 19.8 Å². The van der Waals surface area contributed by atoms with Gasteiger partial charge >= 0.3 is 0 Å². The van der Waals surface area contributed by atoms with Crippen LogP contribution < -0.4 is 5.73 Å². The van der Waals surface area contributed by atoms with Gasteiger partial charge in [0.1, 0.15) is 0 Å². The van der Waals surface area contributed by atoms with Gasteiger partial charge in [0.15, 0.2) is 0 Å². The van der Waals surface area contributed by atoms with Crippen LogP contribution in [0.1, 0.15) is 26.7 Å². The maximum atomic E-state index is 5.75. The van der Waals surface area contributed by atoms with Crippen LogP contribution in [-0.2, 0) is 9.47 Å². The van der Waals surface area contributed by atoms with Gasteiger partial charge in [-0.1, -0.05) is 0 Å². The Balaban J connectivity index is 2.02. The first kappa shape index (κ1) is 9.96. The molecule has 1 unspecified atom stereocenters. The standard InChI is InChI=1S/C9H19NO2/c1-9(2,10)7-11-6-8-4-3-5-12-8/h8H,3-7,10H2,1-2H3. The zero-order valence-corrected chi connectivity index (χ0v) is 8.01. The van der Waals surface area contributed by atoms with Gasteiger partial charge in [0, 0.05) is 12.1 Å². The van der Waals surface area contributed by atoms with E-state index >= 15 is 0 Å².